The Balaban J connectivity index is 1.26. The van der Waals surface area contributed by atoms with Gasteiger partial charge in [-0.25, -0.2) is 0 Å². The SMILES string of the molecule is CC(C)(C(=O)O)c1ccc(C23CCC(/C=C/c4c(-c5ccccc5C(F)(F)F)noc4C4CC4)(CC2)CO3)cc1. The van der Waals surface area contributed by atoms with E-state index in [1.54, 1.807) is 19.9 Å². The third kappa shape index (κ3) is 4.56. The number of alkyl halides is 3. The molecule has 2 aliphatic carbocycles. The molecule has 40 heavy (non-hydrogen) atoms. The summed E-state index contributed by atoms with van der Waals surface area (Å²) in [6.45, 7) is 3.89. The maximum absolute atomic E-state index is 13.8. The van der Waals surface area contributed by atoms with Gasteiger partial charge >= 0.3 is 12.1 Å². The van der Waals surface area contributed by atoms with Crippen molar-refractivity contribution in [3.8, 4) is 11.3 Å². The van der Waals surface area contributed by atoms with Crippen molar-refractivity contribution in [1.82, 2.24) is 5.16 Å². The molecular weight excluding hydrogens is 519 g/mol. The Labute approximate surface area is 231 Å². The Morgan fingerprint density at radius 3 is 2.27 bits per heavy atom. The number of benzene rings is 2. The van der Waals surface area contributed by atoms with Crippen LogP contribution in [0.1, 0.15) is 86.3 Å². The lowest BCUT2D eigenvalue weighted by Gasteiger charge is -2.52. The molecule has 3 heterocycles. The van der Waals surface area contributed by atoms with Gasteiger partial charge in [0.25, 0.3) is 0 Å². The molecule has 1 N–H and O–H groups in total. The minimum atomic E-state index is -4.50. The summed E-state index contributed by atoms with van der Waals surface area (Å²) in [7, 11) is 0. The number of halogens is 3. The molecule has 2 saturated carbocycles. The molecule has 2 bridgehead atoms. The van der Waals surface area contributed by atoms with E-state index in [1.807, 2.05) is 30.3 Å². The Kier molecular flexibility index (Phi) is 6.26. The lowest BCUT2D eigenvalue weighted by Crippen LogP contribution is -2.48. The molecule has 2 aromatic carbocycles. The van der Waals surface area contributed by atoms with Crippen LogP contribution in [0, 0.1) is 5.41 Å². The molecular formula is C32H32F3NO4. The second-order valence-electron chi connectivity index (χ2n) is 12.1. The van der Waals surface area contributed by atoms with Crippen molar-refractivity contribution in [1.29, 1.82) is 0 Å². The monoisotopic (exact) mass is 551 g/mol. The molecule has 1 aromatic heterocycles. The van der Waals surface area contributed by atoms with E-state index >= 15 is 0 Å². The number of hydrogen-bond donors (Lipinski definition) is 1. The van der Waals surface area contributed by atoms with Crippen molar-refractivity contribution in [3.05, 3.63) is 82.6 Å². The van der Waals surface area contributed by atoms with Crippen LogP contribution in [0.2, 0.25) is 0 Å². The van der Waals surface area contributed by atoms with E-state index in [0.29, 0.717) is 17.9 Å². The van der Waals surface area contributed by atoms with Gasteiger partial charge in [-0.15, -0.1) is 0 Å². The van der Waals surface area contributed by atoms with Gasteiger partial charge in [0.05, 0.1) is 23.2 Å². The molecule has 3 aromatic rings. The van der Waals surface area contributed by atoms with E-state index in [0.717, 1.165) is 55.7 Å². The molecule has 8 heteroatoms. The van der Waals surface area contributed by atoms with Crippen LogP contribution in [0.5, 0.6) is 0 Å². The fraction of sp³-hybridized carbons (Fsp3) is 0.438. The average molecular weight is 552 g/mol. The molecule has 0 amide bonds. The topological polar surface area (TPSA) is 72.6 Å². The van der Waals surface area contributed by atoms with Crippen LogP contribution in [0.25, 0.3) is 17.3 Å². The molecule has 0 radical (unpaired) electrons. The van der Waals surface area contributed by atoms with Gasteiger partial charge in [0.1, 0.15) is 11.5 Å². The van der Waals surface area contributed by atoms with Crippen molar-refractivity contribution >= 4 is 12.0 Å². The number of carbonyl (C=O) groups is 1. The lowest BCUT2D eigenvalue weighted by atomic mass is 9.64. The fourth-order valence-corrected chi connectivity index (χ4v) is 6.13. The Bertz CT molecular complexity index is 1440. The summed E-state index contributed by atoms with van der Waals surface area (Å²) in [5.41, 5.74) is 0.362. The maximum Gasteiger partial charge on any atom is 0.417 e. The predicted molar refractivity (Wildman–Crippen MR) is 144 cm³/mol. The molecule has 2 saturated heterocycles. The van der Waals surface area contributed by atoms with Crippen LogP contribution in [-0.4, -0.2) is 22.8 Å². The van der Waals surface area contributed by atoms with Gasteiger partial charge in [0.15, 0.2) is 0 Å². The summed E-state index contributed by atoms with van der Waals surface area (Å²) in [4.78, 5) is 11.6. The maximum atomic E-state index is 13.8. The normalized spacial score (nSPS) is 25.0. The minimum Gasteiger partial charge on any atom is -0.481 e. The molecule has 0 spiro atoms. The molecule has 2 aliphatic heterocycles. The second kappa shape index (κ2) is 9.33. The van der Waals surface area contributed by atoms with Crippen molar-refractivity contribution in [2.75, 3.05) is 6.61 Å². The molecule has 5 nitrogen and oxygen atoms in total. The first kappa shape index (κ1) is 26.8. The molecule has 210 valence electrons. The highest BCUT2D eigenvalue weighted by Crippen LogP contribution is 2.55. The van der Waals surface area contributed by atoms with Gasteiger partial charge in [-0.3, -0.25) is 4.79 Å². The second-order valence-corrected chi connectivity index (χ2v) is 12.1. The van der Waals surface area contributed by atoms with Gasteiger partial charge in [-0.05, 0) is 69.6 Å². The summed E-state index contributed by atoms with van der Waals surface area (Å²) in [6, 6.07) is 13.2. The Morgan fingerprint density at radius 2 is 1.70 bits per heavy atom. The van der Waals surface area contributed by atoms with E-state index < -0.39 is 28.7 Å². The van der Waals surface area contributed by atoms with Gasteiger partial charge in [0.2, 0.25) is 0 Å². The zero-order valence-corrected chi connectivity index (χ0v) is 22.6. The van der Waals surface area contributed by atoms with Crippen molar-refractivity contribution in [2.24, 2.45) is 5.41 Å². The highest BCUT2D eigenvalue weighted by atomic mass is 19.4. The van der Waals surface area contributed by atoms with Gasteiger partial charge in [0, 0.05) is 22.5 Å². The van der Waals surface area contributed by atoms with E-state index in [-0.39, 0.29) is 22.6 Å². The highest BCUT2D eigenvalue weighted by molar-refractivity contribution is 5.80. The van der Waals surface area contributed by atoms with Crippen LogP contribution in [0.4, 0.5) is 13.2 Å². The van der Waals surface area contributed by atoms with Crippen molar-refractivity contribution < 1.29 is 32.3 Å². The van der Waals surface area contributed by atoms with E-state index in [1.165, 1.54) is 12.1 Å². The van der Waals surface area contributed by atoms with Crippen LogP contribution in [-0.2, 0) is 26.7 Å². The zero-order valence-electron chi connectivity index (χ0n) is 22.6. The average Bonchev–Trinajstić information content (AvgIpc) is 3.71. The largest absolute Gasteiger partial charge is 0.481 e. The first-order chi connectivity index (χ1) is 18.9. The molecule has 4 fully saturated rings. The van der Waals surface area contributed by atoms with Gasteiger partial charge in [-0.1, -0.05) is 59.8 Å². The van der Waals surface area contributed by atoms with Gasteiger partial charge < -0.3 is 14.4 Å². The number of rotatable bonds is 7. The number of carboxylic acids is 1. The van der Waals surface area contributed by atoms with Crippen LogP contribution in [0.15, 0.2) is 59.1 Å². The van der Waals surface area contributed by atoms with Crippen LogP contribution >= 0.6 is 0 Å². The number of nitrogens with zero attached hydrogens (tertiary/aromatic N) is 1. The first-order valence-corrected chi connectivity index (χ1v) is 13.8. The van der Waals surface area contributed by atoms with Gasteiger partial charge in [-0.2, -0.15) is 13.2 Å². The molecule has 4 aliphatic rings. The van der Waals surface area contributed by atoms with Crippen molar-refractivity contribution in [2.45, 2.75) is 75.5 Å². The summed E-state index contributed by atoms with van der Waals surface area (Å²) in [5, 5.41) is 13.7. The van der Waals surface area contributed by atoms with E-state index in [4.69, 9.17) is 9.26 Å². The van der Waals surface area contributed by atoms with Crippen molar-refractivity contribution in [3.63, 3.8) is 0 Å². The standard InChI is InChI=1S/C32H32F3NO4/c1-29(2,28(37)38)21-9-11-22(12-10-21)31-17-15-30(16-18-31,19-39-31)14-13-24-26(36-40-27(24)20-7-8-20)23-5-3-4-6-25(23)32(33,34)35/h3-6,9-14,20H,7-8,15-19H2,1-2H3,(H,37,38)/b14-13+. The minimum absolute atomic E-state index is 0.0277. The molecule has 0 atom stereocenters. The van der Waals surface area contributed by atoms with E-state index in [9.17, 15) is 23.1 Å². The number of fused-ring (bicyclic) bond motifs is 3. The number of hydrogen-bond acceptors (Lipinski definition) is 4. The summed E-state index contributed by atoms with van der Waals surface area (Å²) in [5.74, 6) is -0.0256. The highest BCUT2D eigenvalue weighted by Gasteiger charge is 2.49. The lowest BCUT2D eigenvalue weighted by molar-refractivity contribution is -0.173. The predicted octanol–water partition coefficient (Wildman–Crippen LogP) is 8.10. The number of carboxylic acid groups (broad SMARTS) is 1. The number of aliphatic carboxylic acids is 1. The third-order valence-corrected chi connectivity index (χ3v) is 9.15. The van der Waals surface area contributed by atoms with Crippen LogP contribution < -0.4 is 0 Å². The Hall–Kier alpha value is -3.39. The van der Waals surface area contributed by atoms with E-state index in [2.05, 4.69) is 11.2 Å². The third-order valence-electron chi connectivity index (χ3n) is 9.15. The molecule has 0 unspecified atom stereocenters. The first-order valence-electron chi connectivity index (χ1n) is 13.8. The number of aromatic nitrogens is 1. The Morgan fingerprint density at radius 1 is 1.02 bits per heavy atom. The smallest absolute Gasteiger partial charge is 0.417 e. The zero-order chi connectivity index (χ0) is 28.3. The van der Waals surface area contributed by atoms with Crippen LogP contribution in [0.3, 0.4) is 0 Å². The summed E-state index contributed by atoms with van der Waals surface area (Å²) in [6.07, 6.45) is 4.77. The summed E-state index contributed by atoms with van der Waals surface area (Å²) < 4.78 is 53.6. The quantitative estimate of drug-likeness (QED) is 0.321. The number of ether oxygens (including phenoxy) is 1. The summed E-state index contributed by atoms with van der Waals surface area (Å²) >= 11 is 0. The molecule has 7 rings (SSSR count). The fourth-order valence-electron chi connectivity index (χ4n) is 6.13.